The number of rotatable bonds is 7. The monoisotopic (exact) mass is 398 g/mol. The van der Waals surface area contributed by atoms with Crippen LogP contribution in [-0.4, -0.2) is 36.4 Å². The van der Waals surface area contributed by atoms with Crippen molar-refractivity contribution in [1.82, 2.24) is 10.3 Å². The van der Waals surface area contributed by atoms with E-state index < -0.39 is 5.97 Å². The summed E-state index contributed by atoms with van der Waals surface area (Å²) >= 11 is 1.33. The van der Waals surface area contributed by atoms with E-state index in [-0.39, 0.29) is 37.2 Å². The molecule has 0 spiro atoms. The summed E-state index contributed by atoms with van der Waals surface area (Å²) in [5.41, 5.74) is 7.13. The molecule has 2 aromatic rings. The summed E-state index contributed by atoms with van der Waals surface area (Å²) in [6.45, 7) is 0.132. The van der Waals surface area contributed by atoms with Crippen LogP contribution in [0.25, 0.3) is 0 Å². The van der Waals surface area contributed by atoms with E-state index in [1.54, 1.807) is 29.6 Å². The average Bonchev–Trinajstić information content (AvgIpc) is 3.10. The lowest BCUT2D eigenvalue weighted by molar-refractivity contribution is -0.141. The number of aromatic nitrogens is 1. The molecule has 0 aliphatic carbocycles. The molecule has 26 heavy (non-hydrogen) atoms. The van der Waals surface area contributed by atoms with Crippen LogP contribution in [0.2, 0.25) is 0 Å². The number of carbonyl (C=O) groups excluding carboxylic acids is 3. The number of methoxy groups -OCH3 is 1. The van der Waals surface area contributed by atoms with Gasteiger partial charge >= 0.3 is 5.97 Å². The Kier molecular flexibility index (Phi) is 8.70. The lowest BCUT2D eigenvalue weighted by atomic mass is 10.1. The first-order valence-electron chi connectivity index (χ1n) is 7.40. The second-order valence-corrected chi connectivity index (χ2v) is 5.95. The predicted molar refractivity (Wildman–Crippen MR) is 100 cm³/mol. The zero-order valence-electron chi connectivity index (χ0n) is 14.0. The van der Waals surface area contributed by atoms with E-state index in [2.05, 4.69) is 20.4 Å². The molecule has 2 amide bonds. The molecule has 1 heterocycles. The van der Waals surface area contributed by atoms with Crippen molar-refractivity contribution < 1.29 is 19.1 Å². The van der Waals surface area contributed by atoms with Crippen molar-refractivity contribution in [2.45, 2.75) is 13.0 Å². The quantitative estimate of drug-likeness (QED) is 0.600. The SMILES string of the molecule is COC(=O)CNC(=O)Cc1ccc(NC(=O)c2csc(CN)n2)cc1.Cl. The largest absolute Gasteiger partial charge is 0.468 e. The number of esters is 1. The summed E-state index contributed by atoms with van der Waals surface area (Å²) in [6, 6.07) is 6.83. The highest BCUT2D eigenvalue weighted by molar-refractivity contribution is 7.09. The topological polar surface area (TPSA) is 123 Å². The van der Waals surface area contributed by atoms with E-state index in [0.717, 1.165) is 5.56 Å². The zero-order valence-corrected chi connectivity index (χ0v) is 15.6. The van der Waals surface area contributed by atoms with Crippen LogP contribution in [-0.2, 0) is 27.3 Å². The maximum atomic E-state index is 12.1. The average molecular weight is 399 g/mol. The highest BCUT2D eigenvalue weighted by atomic mass is 35.5. The van der Waals surface area contributed by atoms with Crippen molar-refractivity contribution in [2.75, 3.05) is 19.0 Å². The fourth-order valence-corrected chi connectivity index (χ4v) is 2.56. The van der Waals surface area contributed by atoms with Gasteiger partial charge in [-0.3, -0.25) is 14.4 Å². The molecule has 0 fully saturated rings. The molecule has 0 radical (unpaired) electrons. The van der Waals surface area contributed by atoms with E-state index in [0.29, 0.717) is 22.9 Å². The van der Waals surface area contributed by atoms with Crippen LogP contribution in [0.15, 0.2) is 29.6 Å². The summed E-state index contributed by atoms with van der Waals surface area (Å²) in [6.07, 6.45) is 0.122. The number of benzene rings is 1. The van der Waals surface area contributed by atoms with Gasteiger partial charge < -0.3 is 21.1 Å². The lowest BCUT2D eigenvalue weighted by Gasteiger charge is -2.06. The Morgan fingerprint density at radius 1 is 1.23 bits per heavy atom. The Morgan fingerprint density at radius 2 is 1.92 bits per heavy atom. The standard InChI is InChI=1S/C16H18N4O4S.ClH/c1-24-15(22)8-18-13(21)6-10-2-4-11(5-3-10)19-16(23)12-9-25-14(7-17)20-12;/h2-5,9H,6-8,17H2,1H3,(H,18,21)(H,19,23);1H. The van der Waals surface area contributed by atoms with Crippen LogP contribution in [0, 0.1) is 0 Å². The van der Waals surface area contributed by atoms with E-state index >= 15 is 0 Å². The molecule has 140 valence electrons. The number of hydrogen-bond acceptors (Lipinski definition) is 7. The smallest absolute Gasteiger partial charge is 0.325 e. The third-order valence-electron chi connectivity index (χ3n) is 3.19. The minimum Gasteiger partial charge on any atom is -0.468 e. The first kappa shape index (κ1) is 21.6. The molecule has 8 nitrogen and oxygen atoms in total. The number of nitrogens with two attached hydrogens (primary N) is 1. The van der Waals surface area contributed by atoms with Crippen molar-refractivity contribution in [3.63, 3.8) is 0 Å². The van der Waals surface area contributed by atoms with E-state index in [1.165, 1.54) is 18.4 Å². The van der Waals surface area contributed by atoms with Crippen molar-refractivity contribution in [3.05, 3.63) is 45.9 Å². The molecule has 0 aliphatic rings. The number of nitrogens with zero attached hydrogens (tertiary/aromatic N) is 1. The van der Waals surface area contributed by atoms with Gasteiger partial charge in [0.2, 0.25) is 5.91 Å². The molecule has 1 aromatic heterocycles. The van der Waals surface area contributed by atoms with Crippen LogP contribution in [0.4, 0.5) is 5.69 Å². The lowest BCUT2D eigenvalue weighted by Crippen LogP contribution is -2.31. The minimum absolute atomic E-state index is 0. The number of carbonyl (C=O) groups is 3. The number of ether oxygens (including phenoxy) is 1. The van der Waals surface area contributed by atoms with Gasteiger partial charge in [-0.25, -0.2) is 4.98 Å². The summed E-state index contributed by atoms with van der Waals surface area (Å²) in [5, 5.41) is 7.53. The first-order chi connectivity index (χ1) is 12.0. The Bertz CT molecular complexity index is 764. The van der Waals surface area contributed by atoms with Crippen molar-refractivity contribution in [1.29, 1.82) is 0 Å². The van der Waals surface area contributed by atoms with Crippen LogP contribution >= 0.6 is 23.7 Å². The highest BCUT2D eigenvalue weighted by Crippen LogP contribution is 2.14. The summed E-state index contributed by atoms with van der Waals surface area (Å²) in [4.78, 5) is 38.9. The molecule has 2 rings (SSSR count). The minimum atomic E-state index is -0.508. The van der Waals surface area contributed by atoms with Crippen LogP contribution in [0.5, 0.6) is 0 Å². The number of halogens is 1. The fraction of sp³-hybridized carbons (Fsp3) is 0.250. The molecule has 0 atom stereocenters. The van der Waals surface area contributed by atoms with Gasteiger partial charge in [0.05, 0.1) is 13.5 Å². The van der Waals surface area contributed by atoms with Crippen LogP contribution in [0.3, 0.4) is 0 Å². The molecule has 0 saturated heterocycles. The van der Waals surface area contributed by atoms with Crippen LogP contribution in [0.1, 0.15) is 21.1 Å². The Morgan fingerprint density at radius 3 is 2.50 bits per heavy atom. The molecule has 0 bridgehead atoms. The Balaban J connectivity index is 0.00000338. The van der Waals surface area contributed by atoms with Gasteiger partial charge in [-0.15, -0.1) is 23.7 Å². The number of hydrogen-bond donors (Lipinski definition) is 3. The Hall–Kier alpha value is -2.49. The molecular formula is C16H19ClN4O4S. The predicted octanol–water partition coefficient (Wildman–Crippen LogP) is 1.11. The van der Waals surface area contributed by atoms with Crippen LogP contribution < -0.4 is 16.4 Å². The molecule has 0 unspecified atom stereocenters. The third-order valence-corrected chi connectivity index (χ3v) is 4.06. The second kappa shape index (κ2) is 10.5. The number of amides is 2. The second-order valence-electron chi connectivity index (χ2n) is 5.01. The summed E-state index contributed by atoms with van der Waals surface area (Å²) < 4.78 is 4.44. The number of anilines is 1. The molecule has 4 N–H and O–H groups in total. The van der Waals surface area contributed by atoms with Gasteiger partial charge in [0, 0.05) is 17.6 Å². The van der Waals surface area contributed by atoms with E-state index in [4.69, 9.17) is 5.73 Å². The maximum Gasteiger partial charge on any atom is 0.325 e. The van der Waals surface area contributed by atoms with Crippen molar-refractivity contribution in [3.8, 4) is 0 Å². The van der Waals surface area contributed by atoms with Gasteiger partial charge in [-0.2, -0.15) is 0 Å². The molecule has 0 saturated carbocycles. The summed E-state index contributed by atoms with van der Waals surface area (Å²) in [5.74, 6) is -1.12. The fourth-order valence-electron chi connectivity index (χ4n) is 1.90. The van der Waals surface area contributed by atoms with Crippen molar-refractivity contribution in [2.24, 2.45) is 5.73 Å². The maximum absolute atomic E-state index is 12.1. The van der Waals surface area contributed by atoms with Gasteiger partial charge in [0.25, 0.3) is 5.91 Å². The third kappa shape index (κ3) is 6.43. The first-order valence-corrected chi connectivity index (χ1v) is 8.28. The van der Waals surface area contributed by atoms with Gasteiger partial charge in [0.1, 0.15) is 17.2 Å². The molecule has 1 aromatic carbocycles. The Labute approximate surface area is 160 Å². The summed E-state index contributed by atoms with van der Waals surface area (Å²) in [7, 11) is 1.25. The van der Waals surface area contributed by atoms with Gasteiger partial charge in [-0.1, -0.05) is 12.1 Å². The number of nitrogens with one attached hydrogen (secondary N) is 2. The van der Waals surface area contributed by atoms with Crippen molar-refractivity contribution >= 4 is 47.2 Å². The van der Waals surface area contributed by atoms with E-state index in [9.17, 15) is 14.4 Å². The molecule has 10 heteroatoms. The number of thiazole rings is 1. The van der Waals surface area contributed by atoms with Gasteiger partial charge in [0.15, 0.2) is 0 Å². The normalized spacial score (nSPS) is 9.77. The highest BCUT2D eigenvalue weighted by Gasteiger charge is 2.11. The molecular weight excluding hydrogens is 380 g/mol. The molecule has 0 aliphatic heterocycles. The zero-order chi connectivity index (χ0) is 18.2. The van der Waals surface area contributed by atoms with Gasteiger partial charge in [-0.05, 0) is 17.7 Å². The van der Waals surface area contributed by atoms with E-state index in [1.807, 2.05) is 0 Å².